The molecule has 3 nitrogen and oxygen atoms in total. The van der Waals surface area contributed by atoms with Crippen molar-refractivity contribution in [1.29, 1.82) is 0 Å². The van der Waals surface area contributed by atoms with Gasteiger partial charge < -0.3 is 10.4 Å². The zero-order valence-corrected chi connectivity index (χ0v) is 11.2. The molecule has 1 aliphatic heterocycles. The summed E-state index contributed by atoms with van der Waals surface area (Å²) in [5, 5.41) is 13.0. The summed E-state index contributed by atoms with van der Waals surface area (Å²) in [6, 6.07) is 11.0. The van der Waals surface area contributed by atoms with Crippen LogP contribution in [0.15, 0.2) is 30.3 Å². The van der Waals surface area contributed by atoms with Crippen molar-refractivity contribution >= 4 is 0 Å². The van der Waals surface area contributed by atoms with Crippen LogP contribution >= 0.6 is 0 Å². The van der Waals surface area contributed by atoms with E-state index in [-0.39, 0.29) is 6.61 Å². The van der Waals surface area contributed by atoms with Crippen molar-refractivity contribution in [3.8, 4) is 0 Å². The number of hydrogen-bond acceptors (Lipinski definition) is 3. The monoisotopic (exact) mass is 248 g/mol. The Labute approximate surface area is 110 Å². The van der Waals surface area contributed by atoms with E-state index in [0.717, 1.165) is 32.6 Å². The molecule has 0 saturated carbocycles. The molecular weight excluding hydrogens is 224 g/mol. The quantitative estimate of drug-likeness (QED) is 0.828. The first-order valence-corrected chi connectivity index (χ1v) is 6.94. The van der Waals surface area contributed by atoms with Crippen molar-refractivity contribution in [1.82, 2.24) is 10.2 Å². The summed E-state index contributed by atoms with van der Waals surface area (Å²) in [5.74, 6) is 0.363. The van der Waals surface area contributed by atoms with Gasteiger partial charge >= 0.3 is 0 Å². The Hall–Kier alpha value is -0.900. The number of piperidine rings is 1. The average Bonchev–Trinajstić information content (AvgIpc) is 2.42. The summed E-state index contributed by atoms with van der Waals surface area (Å²) in [5.41, 5.74) is 1.36. The molecule has 1 fully saturated rings. The first-order valence-electron chi connectivity index (χ1n) is 6.94. The molecule has 0 aromatic heterocycles. The summed E-state index contributed by atoms with van der Waals surface area (Å²) in [6.45, 7) is 6.50. The maximum atomic E-state index is 9.51. The van der Waals surface area contributed by atoms with E-state index in [9.17, 15) is 5.11 Å². The third kappa shape index (κ3) is 3.55. The lowest BCUT2D eigenvalue weighted by Gasteiger charge is -2.38. The normalized spacial score (nSPS) is 25.2. The predicted octanol–water partition coefficient (Wildman–Crippen LogP) is 1.48. The number of aliphatic hydroxyl groups excluding tert-OH is 1. The molecule has 0 radical (unpaired) electrons. The molecule has 0 amide bonds. The zero-order chi connectivity index (χ0) is 12.8. The van der Waals surface area contributed by atoms with Crippen LogP contribution in [-0.4, -0.2) is 42.3 Å². The van der Waals surface area contributed by atoms with Crippen LogP contribution < -0.4 is 5.32 Å². The smallest absolute Gasteiger partial charge is 0.0486 e. The molecule has 18 heavy (non-hydrogen) atoms. The van der Waals surface area contributed by atoms with E-state index < -0.39 is 0 Å². The van der Waals surface area contributed by atoms with Gasteiger partial charge in [-0.3, -0.25) is 4.90 Å². The lowest BCUT2D eigenvalue weighted by atomic mass is 9.92. The van der Waals surface area contributed by atoms with Gasteiger partial charge in [0.2, 0.25) is 0 Å². The van der Waals surface area contributed by atoms with Crippen LogP contribution in [0.1, 0.15) is 18.9 Å². The highest BCUT2D eigenvalue weighted by Crippen LogP contribution is 2.18. The standard InChI is InChI=1S/C15H24N2O/c1-2-16-15-8-9-17(11-14(15)12-18)10-13-6-4-3-5-7-13/h3-7,14-16,18H,2,8-12H2,1H3/t14-,15-/m0/s1. The molecule has 0 bridgehead atoms. The van der Waals surface area contributed by atoms with Gasteiger partial charge in [0.1, 0.15) is 0 Å². The molecule has 1 aliphatic rings. The number of likely N-dealkylation sites (tertiary alicyclic amines) is 1. The Kier molecular flexibility index (Phi) is 5.17. The molecule has 3 heteroatoms. The van der Waals surface area contributed by atoms with E-state index in [2.05, 4.69) is 47.5 Å². The number of hydrogen-bond donors (Lipinski definition) is 2. The van der Waals surface area contributed by atoms with Gasteiger partial charge in [0.15, 0.2) is 0 Å². The Balaban J connectivity index is 1.89. The molecule has 0 aliphatic carbocycles. The lowest BCUT2D eigenvalue weighted by molar-refractivity contribution is 0.0863. The largest absolute Gasteiger partial charge is 0.396 e. The van der Waals surface area contributed by atoms with E-state index in [1.165, 1.54) is 5.56 Å². The second-order valence-electron chi connectivity index (χ2n) is 5.12. The molecule has 0 spiro atoms. The minimum absolute atomic E-state index is 0.281. The van der Waals surface area contributed by atoms with Crippen molar-refractivity contribution < 1.29 is 5.11 Å². The van der Waals surface area contributed by atoms with Gasteiger partial charge in [-0.15, -0.1) is 0 Å². The second kappa shape index (κ2) is 6.88. The summed E-state index contributed by atoms with van der Waals surface area (Å²) in [7, 11) is 0. The maximum absolute atomic E-state index is 9.51. The van der Waals surface area contributed by atoms with E-state index >= 15 is 0 Å². The Morgan fingerprint density at radius 1 is 1.33 bits per heavy atom. The minimum Gasteiger partial charge on any atom is -0.396 e. The third-order valence-corrected chi connectivity index (χ3v) is 3.77. The number of benzene rings is 1. The van der Waals surface area contributed by atoms with Crippen LogP contribution in [0.2, 0.25) is 0 Å². The minimum atomic E-state index is 0.281. The van der Waals surface area contributed by atoms with E-state index in [1.54, 1.807) is 0 Å². The van der Waals surface area contributed by atoms with Gasteiger partial charge in [0.25, 0.3) is 0 Å². The highest BCUT2D eigenvalue weighted by molar-refractivity contribution is 5.14. The summed E-state index contributed by atoms with van der Waals surface area (Å²) in [4.78, 5) is 2.45. The zero-order valence-electron chi connectivity index (χ0n) is 11.2. The van der Waals surface area contributed by atoms with E-state index in [4.69, 9.17) is 0 Å². The van der Waals surface area contributed by atoms with Gasteiger partial charge in [-0.2, -0.15) is 0 Å². The number of rotatable bonds is 5. The SMILES string of the molecule is CCN[C@H]1CCN(Cc2ccccc2)C[C@H]1CO. The molecule has 100 valence electrons. The van der Waals surface area contributed by atoms with E-state index in [1.807, 2.05) is 0 Å². The van der Waals surface area contributed by atoms with Crippen molar-refractivity contribution in [2.75, 3.05) is 26.2 Å². The highest BCUT2D eigenvalue weighted by atomic mass is 16.3. The summed E-state index contributed by atoms with van der Waals surface area (Å²) in [6.07, 6.45) is 1.13. The van der Waals surface area contributed by atoms with Crippen LogP contribution in [0.4, 0.5) is 0 Å². The van der Waals surface area contributed by atoms with Gasteiger partial charge in [-0.25, -0.2) is 0 Å². The fraction of sp³-hybridized carbons (Fsp3) is 0.600. The molecule has 1 aromatic rings. The molecule has 0 unspecified atom stereocenters. The number of nitrogens with one attached hydrogen (secondary N) is 1. The topological polar surface area (TPSA) is 35.5 Å². The first kappa shape index (κ1) is 13.5. The molecule has 2 rings (SSSR count). The van der Waals surface area contributed by atoms with Gasteiger partial charge in [0, 0.05) is 31.7 Å². The van der Waals surface area contributed by atoms with E-state index in [0.29, 0.717) is 12.0 Å². The predicted molar refractivity (Wildman–Crippen MR) is 74.4 cm³/mol. The fourth-order valence-corrected chi connectivity index (χ4v) is 2.81. The van der Waals surface area contributed by atoms with Gasteiger partial charge in [0.05, 0.1) is 0 Å². The maximum Gasteiger partial charge on any atom is 0.0486 e. The Bertz CT molecular complexity index is 342. The number of nitrogens with zero attached hydrogens (tertiary/aromatic N) is 1. The van der Waals surface area contributed by atoms with Gasteiger partial charge in [-0.1, -0.05) is 37.3 Å². The molecule has 1 aromatic carbocycles. The molecule has 1 heterocycles. The molecule has 1 saturated heterocycles. The Morgan fingerprint density at radius 2 is 2.11 bits per heavy atom. The van der Waals surface area contributed by atoms with Crippen LogP contribution in [0.5, 0.6) is 0 Å². The van der Waals surface area contributed by atoms with Crippen LogP contribution in [0.25, 0.3) is 0 Å². The van der Waals surface area contributed by atoms with Crippen molar-refractivity contribution in [2.24, 2.45) is 5.92 Å². The average molecular weight is 248 g/mol. The van der Waals surface area contributed by atoms with Crippen molar-refractivity contribution in [2.45, 2.75) is 25.9 Å². The highest BCUT2D eigenvalue weighted by Gasteiger charge is 2.27. The van der Waals surface area contributed by atoms with Crippen LogP contribution in [0, 0.1) is 5.92 Å². The fourth-order valence-electron chi connectivity index (χ4n) is 2.81. The van der Waals surface area contributed by atoms with Crippen LogP contribution in [0.3, 0.4) is 0 Å². The first-order chi connectivity index (χ1) is 8.83. The number of aliphatic hydroxyl groups is 1. The Morgan fingerprint density at radius 3 is 2.78 bits per heavy atom. The molecule has 2 N–H and O–H groups in total. The van der Waals surface area contributed by atoms with Gasteiger partial charge in [-0.05, 0) is 25.1 Å². The molecular formula is C15H24N2O. The van der Waals surface area contributed by atoms with Crippen molar-refractivity contribution in [3.05, 3.63) is 35.9 Å². The second-order valence-corrected chi connectivity index (χ2v) is 5.12. The van der Waals surface area contributed by atoms with Crippen molar-refractivity contribution in [3.63, 3.8) is 0 Å². The third-order valence-electron chi connectivity index (χ3n) is 3.77. The van der Waals surface area contributed by atoms with Crippen LogP contribution in [-0.2, 0) is 6.54 Å². The molecule has 2 atom stereocenters. The summed E-state index contributed by atoms with van der Waals surface area (Å²) < 4.78 is 0. The summed E-state index contributed by atoms with van der Waals surface area (Å²) >= 11 is 0. The lowest BCUT2D eigenvalue weighted by Crippen LogP contribution is -2.50.